The topological polar surface area (TPSA) is 66.5 Å². The molecular formula is C15H19ClN2O3S. The molecule has 1 amide bonds. The average Bonchev–Trinajstić information content (AvgIpc) is 2.98. The van der Waals surface area contributed by atoms with Crippen LogP contribution in [0.4, 0.5) is 5.69 Å². The van der Waals surface area contributed by atoms with Crippen LogP contribution in [0.5, 0.6) is 0 Å². The predicted octanol–water partition coefficient (Wildman–Crippen LogP) is 2.72. The Morgan fingerprint density at radius 3 is 2.55 bits per heavy atom. The van der Waals surface area contributed by atoms with E-state index in [1.165, 1.54) is 16.4 Å². The largest absolute Gasteiger partial charge is 0.326 e. The molecule has 1 aliphatic carbocycles. The van der Waals surface area contributed by atoms with Gasteiger partial charge in [-0.05, 0) is 43.4 Å². The highest BCUT2D eigenvalue weighted by Gasteiger charge is 2.39. The summed E-state index contributed by atoms with van der Waals surface area (Å²) in [4.78, 5) is 12.1. The molecular weight excluding hydrogens is 324 g/mol. The molecule has 2 aliphatic rings. The van der Waals surface area contributed by atoms with Gasteiger partial charge in [-0.25, -0.2) is 8.42 Å². The third kappa shape index (κ3) is 3.00. The van der Waals surface area contributed by atoms with Gasteiger partial charge in [0.05, 0.1) is 5.02 Å². The molecule has 1 aliphatic heterocycles. The van der Waals surface area contributed by atoms with Gasteiger partial charge < -0.3 is 5.32 Å². The summed E-state index contributed by atoms with van der Waals surface area (Å²) in [6, 6.07) is 4.62. The van der Waals surface area contributed by atoms with Gasteiger partial charge in [-0.1, -0.05) is 18.5 Å². The lowest BCUT2D eigenvalue weighted by atomic mass is 10.3. The Balaban J connectivity index is 1.85. The zero-order valence-electron chi connectivity index (χ0n) is 12.4. The second-order valence-corrected chi connectivity index (χ2v) is 8.38. The fourth-order valence-corrected chi connectivity index (χ4v) is 4.79. The standard InChI is InChI=1S/C15H19ClN2O3S/c1-10-8-12(10)15(19)17-11-4-5-13(16)14(9-11)22(20,21)18-6-2-3-7-18/h4-5,9-10,12H,2-3,6-8H2,1H3,(H,17,19)/t10-,12+/m0/s1. The summed E-state index contributed by atoms with van der Waals surface area (Å²) < 4.78 is 26.7. The molecule has 1 heterocycles. The minimum atomic E-state index is -3.59. The number of rotatable bonds is 4. The minimum absolute atomic E-state index is 0.0364. The molecule has 0 bridgehead atoms. The Morgan fingerprint density at radius 1 is 1.32 bits per heavy atom. The number of nitrogens with zero attached hydrogens (tertiary/aromatic N) is 1. The Morgan fingerprint density at radius 2 is 1.95 bits per heavy atom. The molecule has 1 N–H and O–H groups in total. The molecule has 1 aromatic rings. The third-order valence-electron chi connectivity index (χ3n) is 4.33. The molecule has 7 heteroatoms. The quantitative estimate of drug-likeness (QED) is 0.914. The van der Waals surface area contributed by atoms with E-state index in [1.807, 2.05) is 6.92 Å². The third-order valence-corrected chi connectivity index (χ3v) is 6.71. The summed E-state index contributed by atoms with van der Waals surface area (Å²) >= 11 is 6.08. The van der Waals surface area contributed by atoms with Crippen molar-refractivity contribution in [3.63, 3.8) is 0 Å². The monoisotopic (exact) mass is 342 g/mol. The molecule has 1 saturated carbocycles. The molecule has 2 fully saturated rings. The van der Waals surface area contributed by atoms with Crippen LogP contribution in [0.2, 0.25) is 5.02 Å². The van der Waals surface area contributed by atoms with Crippen molar-refractivity contribution in [2.75, 3.05) is 18.4 Å². The summed E-state index contributed by atoms with van der Waals surface area (Å²) in [6.45, 7) is 3.07. The maximum absolute atomic E-state index is 12.6. The van der Waals surface area contributed by atoms with Crippen molar-refractivity contribution in [1.29, 1.82) is 0 Å². The Kier molecular flexibility index (Phi) is 4.18. The lowest BCUT2D eigenvalue weighted by Crippen LogP contribution is -2.28. The normalized spacial score (nSPS) is 25.2. The minimum Gasteiger partial charge on any atom is -0.326 e. The van der Waals surface area contributed by atoms with Gasteiger partial charge in [0, 0.05) is 24.7 Å². The van der Waals surface area contributed by atoms with Gasteiger partial charge in [-0.3, -0.25) is 4.79 Å². The lowest BCUT2D eigenvalue weighted by Gasteiger charge is -2.17. The van der Waals surface area contributed by atoms with Crippen molar-refractivity contribution in [2.45, 2.75) is 31.1 Å². The number of carbonyl (C=O) groups excluding carboxylic acids is 1. The van der Waals surface area contributed by atoms with Crippen LogP contribution < -0.4 is 5.32 Å². The van der Waals surface area contributed by atoms with Crippen molar-refractivity contribution < 1.29 is 13.2 Å². The van der Waals surface area contributed by atoms with Crippen molar-refractivity contribution >= 4 is 33.2 Å². The zero-order valence-corrected chi connectivity index (χ0v) is 14.0. The Bertz CT molecular complexity index is 699. The first kappa shape index (κ1) is 15.8. The van der Waals surface area contributed by atoms with Gasteiger partial charge in [0.15, 0.2) is 0 Å². The van der Waals surface area contributed by atoms with Crippen LogP contribution in [-0.4, -0.2) is 31.7 Å². The first-order valence-corrected chi connectivity index (χ1v) is 9.32. The smallest absolute Gasteiger partial charge is 0.244 e. The number of anilines is 1. The maximum Gasteiger partial charge on any atom is 0.244 e. The number of hydrogen-bond donors (Lipinski definition) is 1. The molecule has 0 radical (unpaired) electrons. The number of halogens is 1. The molecule has 2 atom stereocenters. The average molecular weight is 343 g/mol. The molecule has 1 saturated heterocycles. The summed E-state index contributed by atoms with van der Waals surface area (Å²) in [5.41, 5.74) is 0.478. The first-order valence-electron chi connectivity index (χ1n) is 7.50. The van der Waals surface area contributed by atoms with Gasteiger partial charge in [-0.2, -0.15) is 4.31 Å². The molecule has 120 valence electrons. The highest BCUT2D eigenvalue weighted by atomic mass is 35.5. The van der Waals surface area contributed by atoms with E-state index in [4.69, 9.17) is 11.6 Å². The summed E-state index contributed by atoms with van der Waals surface area (Å²) in [5, 5.41) is 2.97. The SMILES string of the molecule is C[C@H]1C[C@H]1C(=O)Nc1ccc(Cl)c(S(=O)(=O)N2CCCC2)c1. The van der Waals surface area contributed by atoms with Gasteiger partial charge in [0.2, 0.25) is 15.9 Å². The van der Waals surface area contributed by atoms with E-state index in [2.05, 4.69) is 5.32 Å². The first-order chi connectivity index (χ1) is 10.4. The van der Waals surface area contributed by atoms with E-state index in [1.54, 1.807) is 6.07 Å². The number of amides is 1. The van der Waals surface area contributed by atoms with Crippen molar-refractivity contribution in [2.24, 2.45) is 11.8 Å². The van der Waals surface area contributed by atoms with Crippen LogP contribution in [0, 0.1) is 11.8 Å². The summed E-state index contributed by atoms with van der Waals surface area (Å²) in [5.74, 6) is 0.383. The lowest BCUT2D eigenvalue weighted by molar-refractivity contribution is -0.117. The van der Waals surface area contributed by atoms with Crippen LogP contribution >= 0.6 is 11.6 Å². The number of benzene rings is 1. The highest BCUT2D eigenvalue weighted by Crippen LogP contribution is 2.39. The van der Waals surface area contributed by atoms with Crippen LogP contribution in [0.25, 0.3) is 0 Å². The number of hydrogen-bond acceptors (Lipinski definition) is 3. The van der Waals surface area contributed by atoms with Crippen LogP contribution in [0.15, 0.2) is 23.1 Å². The molecule has 22 heavy (non-hydrogen) atoms. The van der Waals surface area contributed by atoms with E-state index in [0.29, 0.717) is 24.7 Å². The van der Waals surface area contributed by atoms with Crippen LogP contribution in [0.1, 0.15) is 26.2 Å². The Labute approximate surface area is 135 Å². The second kappa shape index (κ2) is 5.83. The number of carbonyl (C=O) groups is 1. The van der Waals surface area contributed by atoms with Crippen molar-refractivity contribution in [3.05, 3.63) is 23.2 Å². The molecule has 0 spiro atoms. The van der Waals surface area contributed by atoms with Gasteiger partial charge in [0.25, 0.3) is 0 Å². The summed E-state index contributed by atoms with van der Waals surface area (Å²) in [7, 11) is -3.59. The molecule has 0 aromatic heterocycles. The highest BCUT2D eigenvalue weighted by molar-refractivity contribution is 7.89. The number of nitrogens with one attached hydrogen (secondary N) is 1. The fraction of sp³-hybridized carbons (Fsp3) is 0.533. The number of sulfonamides is 1. The van der Waals surface area contributed by atoms with Gasteiger partial charge in [-0.15, -0.1) is 0 Å². The fourth-order valence-electron chi connectivity index (χ4n) is 2.77. The van der Waals surface area contributed by atoms with E-state index >= 15 is 0 Å². The van der Waals surface area contributed by atoms with Gasteiger partial charge in [0.1, 0.15) is 4.90 Å². The van der Waals surface area contributed by atoms with E-state index < -0.39 is 10.0 Å². The zero-order chi connectivity index (χ0) is 15.9. The molecule has 0 unspecified atom stereocenters. The van der Waals surface area contributed by atoms with Crippen LogP contribution in [-0.2, 0) is 14.8 Å². The molecule has 3 rings (SSSR count). The Hall–Kier alpha value is -1.11. The van der Waals surface area contributed by atoms with Crippen molar-refractivity contribution in [3.8, 4) is 0 Å². The predicted molar refractivity (Wildman–Crippen MR) is 85.3 cm³/mol. The van der Waals surface area contributed by atoms with E-state index in [0.717, 1.165) is 19.3 Å². The van der Waals surface area contributed by atoms with Gasteiger partial charge >= 0.3 is 0 Å². The molecule has 5 nitrogen and oxygen atoms in total. The van der Waals surface area contributed by atoms with Crippen LogP contribution in [0.3, 0.4) is 0 Å². The maximum atomic E-state index is 12.6. The van der Waals surface area contributed by atoms with Crippen molar-refractivity contribution in [1.82, 2.24) is 4.31 Å². The molecule has 1 aromatic carbocycles. The van der Waals surface area contributed by atoms with E-state index in [9.17, 15) is 13.2 Å². The summed E-state index contributed by atoms with van der Waals surface area (Å²) in [6.07, 6.45) is 2.62. The van der Waals surface area contributed by atoms with E-state index in [-0.39, 0.29) is 21.7 Å². The second-order valence-electron chi connectivity index (χ2n) is 6.07.